The van der Waals surface area contributed by atoms with E-state index in [0.717, 1.165) is 12.5 Å². The minimum absolute atomic E-state index is 0.0920. The van der Waals surface area contributed by atoms with E-state index in [1.807, 2.05) is 0 Å². The molecule has 10 heteroatoms. The highest BCUT2D eigenvalue weighted by Crippen LogP contribution is 2.28. The first-order valence-corrected chi connectivity index (χ1v) is 10.3. The summed E-state index contributed by atoms with van der Waals surface area (Å²) in [4.78, 5) is 20.4. The first kappa shape index (κ1) is 20.2. The average molecular weight is 415 g/mol. The standard InChI is InChI=1S/C19H18FN5O3S/c1-21-19(26)13-11-23-18(25-17-8-7-12(20)10-22-17)9-15(13)24-14-5-3-4-6-16(14)29(2,27)28/h3-11H,1-2H3,(H,21,26)(H2,22,23,24,25). The van der Waals surface area contributed by atoms with Crippen molar-refractivity contribution in [2.75, 3.05) is 23.9 Å². The summed E-state index contributed by atoms with van der Waals surface area (Å²) in [5, 5.41) is 8.42. The third kappa shape index (κ3) is 4.85. The van der Waals surface area contributed by atoms with Gasteiger partial charge in [0.15, 0.2) is 9.84 Å². The second-order valence-corrected chi connectivity index (χ2v) is 8.06. The molecule has 1 aromatic carbocycles. The Balaban J connectivity index is 2.01. The molecule has 2 heterocycles. The molecule has 150 valence electrons. The SMILES string of the molecule is CNC(=O)c1cnc(Nc2ccc(F)cn2)cc1Nc1ccccc1S(C)(=O)=O. The van der Waals surface area contributed by atoms with Gasteiger partial charge < -0.3 is 16.0 Å². The number of hydrogen-bond acceptors (Lipinski definition) is 7. The lowest BCUT2D eigenvalue weighted by molar-refractivity contribution is 0.0963. The van der Waals surface area contributed by atoms with Gasteiger partial charge in [-0.3, -0.25) is 4.79 Å². The highest BCUT2D eigenvalue weighted by Gasteiger charge is 2.17. The number of sulfone groups is 1. The molecule has 0 radical (unpaired) electrons. The van der Waals surface area contributed by atoms with Crippen LogP contribution in [0.2, 0.25) is 0 Å². The van der Waals surface area contributed by atoms with E-state index in [4.69, 9.17) is 0 Å². The van der Waals surface area contributed by atoms with Gasteiger partial charge in [-0.25, -0.2) is 22.8 Å². The van der Waals surface area contributed by atoms with Crippen molar-refractivity contribution >= 4 is 38.8 Å². The lowest BCUT2D eigenvalue weighted by Crippen LogP contribution is -2.20. The van der Waals surface area contributed by atoms with Crippen molar-refractivity contribution in [2.24, 2.45) is 0 Å². The summed E-state index contributed by atoms with van der Waals surface area (Å²) in [6.45, 7) is 0. The van der Waals surface area contributed by atoms with Gasteiger partial charge in [0, 0.05) is 25.6 Å². The molecule has 0 spiro atoms. The van der Waals surface area contributed by atoms with E-state index in [0.29, 0.717) is 23.0 Å². The fourth-order valence-corrected chi connectivity index (χ4v) is 3.41. The van der Waals surface area contributed by atoms with Crippen molar-refractivity contribution < 1.29 is 17.6 Å². The zero-order valence-corrected chi connectivity index (χ0v) is 16.4. The van der Waals surface area contributed by atoms with Gasteiger partial charge in [-0.05, 0) is 24.3 Å². The van der Waals surface area contributed by atoms with Crippen molar-refractivity contribution in [3.8, 4) is 0 Å². The minimum atomic E-state index is -3.49. The lowest BCUT2D eigenvalue weighted by Gasteiger charge is -2.15. The second kappa shape index (κ2) is 8.23. The molecule has 0 aliphatic rings. The van der Waals surface area contributed by atoms with Crippen LogP contribution >= 0.6 is 0 Å². The third-order valence-electron chi connectivity index (χ3n) is 3.92. The summed E-state index contributed by atoms with van der Waals surface area (Å²) in [5.74, 6) is -0.188. The van der Waals surface area contributed by atoms with E-state index in [2.05, 4.69) is 25.9 Å². The van der Waals surface area contributed by atoms with Gasteiger partial charge in [-0.2, -0.15) is 0 Å². The second-order valence-electron chi connectivity index (χ2n) is 6.07. The number of benzene rings is 1. The highest BCUT2D eigenvalue weighted by atomic mass is 32.2. The summed E-state index contributed by atoms with van der Waals surface area (Å²) in [5.41, 5.74) is 0.866. The van der Waals surface area contributed by atoms with Crippen LogP contribution in [0.3, 0.4) is 0 Å². The number of carbonyl (C=O) groups excluding carboxylic acids is 1. The molecule has 3 N–H and O–H groups in total. The zero-order valence-electron chi connectivity index (χ0n) is 15.6. The maximum absolute atomic E-state index is 13.0. The van der Waals surface area contributed by atoms with E-state index >= 15 is 0 Å². The number of hydrogen-bond donors (Lipinski definition) is 3. The molecule has 29 heavy (non-hydrogen) atoms. The fourth-order valence-electron chi connectivity index (χ4n) is 2.56. The Morgan fingerprint density at radius 2 is 1.69 bits per heavy atom. The third-order valence-corrected chi connectivity index (χ3v) is 5.07. The predicted octanol–water partition coefficient (Wildman–Crippen LogP) is 2.87. The topological polar surface area (TPSA) is 113 Å². The largest absolute Gasteiger partial charge is 0.355 e. The van der Waals surface area contributed by atoms with Crippen LogP contribution in [0.5, 0.6) is 0 Å². The van der Waals surface area contributed by atoms with Crippen LogP contribution in [0.1, 0.15) is 10.4 Å². The summed E-state index contributed by atoms with van der Waals surface area (Å²) < 4.78 is 37.2. The van der Waals surface area contributed by atoms with Crippen LogP contribution in [0.15, 0.2) is 59.8 Å². The van der Waals surface area contributed by atoms with Gasteiger partial charge in [0.05, 0.1) is 28.0 Å². The van der Waals surface area contributed by atoms with Crippen molar-refractivity contribution in [2.45, 2.75) is 4.90 Å². The Morgan fingerprint density at radius 1 is 0.966 bits per heavy atom. The summed E-state index contributed by atoms with van der Waals surface area (Å²) >= 11 is 0. The molecular formula is C19H18FN5O3S. The molecule has 0 unspecified atom stereocenters. The van der Waals surface area contributed by atoms with Crippen LogP contribution in [0.25, 0.3) is 0 Å². The molecule has 0 aliphatic carbocycles. The number of nitrogens with zero attached hydrogens (tertiary/aromatic N) is 2. The zero-order chi connectivity index (χ0) is 21.0. The van der Waals surface area contributed by atoms with Crippen molar-refractivity contribution in [1.29, 1.82) is 0 Å². The lowest BCUT2D eigenvalue weighted by atomic mass is 10.2. The maximum atomic E-state index is 13.0. The van der Waals surface area contributed by atoms with E-state index < -0.39 is 21.6 Å². The molecule has 2 aromatic heterocycles. The Kier molecular flexibility index (Phi) is 5.74. The van der Waals surface area contributed by atoms with Crippen LogP contribution in [-0.4, -0.2) is 37.6 Å². The van der Waals surface area contributed by atoms with Gasteiger partial charge in [0.2, 0.25) is 0 Å². The normalized spacial score (nSPS) is 11.0. The number of para-hydroxylation sites is 1. The quantitative estimate of drug-likeness (QED) is 0.567. The number of pyridine rings is 2. The molecule has 8 nitrogen and oxygen atoms in total. The summed E-state index contributed by atoms with van der Waals surface area (Å²) in [7, 11) is -2.02. The van der Waals surface area contributed by atoms with Gasteiger partial charge in [-0.15, -0.1) is 0 Å². The Hall–Kier alpha value is -3.53. The fraction of sp³-hybridized carbons (Fsp3) is 0.105. The molecular weight excluding hydrogens is 397 g/mol. The number of amides is 1. The minimum Gasteiger partial charge on any atom is -0.355 e. The molecule has 3 aromatic rings. The van der Waals surface area contributed by atoms with E-state index in [-0.39, 0.29) is 10.5 Å². The van der Waals surface area contributed by atoms with Crippen LogP contribution in [0, 0.1) is 5.82 Å². The Bertz CT molecular complexity index is 1150. The Labute approximate surface area is 167 Å². The maximum Gasteiger partial charge on any atom is 0.254 e. The predicted molar refractivity (Wildman–Crippen MR) is 108 cm³/mol. The van der Waals surface area contributed by atoms with E-state index in [1.165, 1.54) is 37.5 Å². The molecule has 0 saturated carbocycles. The van der Waals surface area contributed by atoms with Gasteiger partial charge in [0.25, 0.3) is 5.91 Å². The molecule has 0 saturated heterocycles. The molecule has 0 bridgehead atoms. The van der Waals surface area contributed by atoms with Crippen LogP contribution < -0.4 is 16.0 Å². The van der Waals surface area contributed by atoms with Crippen LogP contribution in [0.4, 0.5) is 27.4 Å². The van der Waals surface area contributed by atoms with Crippen LogP contribution in [-0.2, 0) is 9.84 Å². The van der Waals surface area contributed by atoms with Crippen molar-refractivity contribution in [1.82, 2.24) is 15.3 Å². The van der Waals surface area contributed by atoms with Gasteiger partial charge in [0.1, 0.15) is 17.5 Å². The number of halogens is 1. The summed E-state index contributed by atoms with van der Waals surface area (Å²) in [6.07, 6.45) is 3.51. The number of aromatic nitrogens is 2. The molecule has 0 fully saturated rings. The number of rotatable bonds is 6. The van der Waals surface area contributed by atoms with Crippen molar-refractivity contribution in [3.63, 3.8) is 0 Å². The summed E-state index contributed by atoms with van der Waals surface area (Å²) in [6, 6.07) is 10.6. The molecule has 0 atom stereocenters. The van der Waals surface area contributed by atoms with Gasteiger partial charge >= 0.3 is 0 Å². The highest BCUT2D eigenvalue weighted by molar-refractivity contribution is 7.90. The van der Waals surface area contributed by atoms with E-state index in [1.54, 1.807) is 18.2 Å². The average Bonchev–Trinajstić information content (AvgIpc) is 2.69. The monoisotopic (exact) mass is 415 g/mol. The first-order chi connectivity index (χ1) is 13.8. The number of anilines is 4. The van der Waals surface area contributed by atoms with Crippen molar-refractivity contribution in [3.05, 3.63) is 66.2 Å². The van der Waals surface area contributed by atoms with E-state index in [9.17, 15) is 17.6 Å². The number of carbonyl (C=O) groups is 1. The Morgan fingerprint density at radius 3 is 2.34 bits per heavy atom. The van der Waals surface area contributed by atoms with Gasteiger partial charge in [-0.1, -0.05) is 12.1 Å². The number of nitrogens with one attached hydrogen (secondary N) is 3. The molecule has 0 aliphatic heterocycles. The molecule has 1 amide bonds. The molecule has 3 rings (SSSR count). The first-order valence-electron chi connectivity index (χ1n) is 8.45. The smallest absolute Gasteiger partial charge is 0.254 e.